The van der Waals surface area contributed by atoms with Crippen molar-refractivity contribution in [2.24, 2.45) is 0 Å². The van der Waals surface area contributed by atoms with Crippen molar-refractivity contribution in [3.05, 3.63) is 15.6 Å². The molecule has 0 bridgehead atoms. The van der Waals surface area contributed by atoms with Crippen LogP contribution < -0.4 is 5.32 Å². The van der Waals surface area contributed by atoms with Crippen molar-refractivity contribution in [1.29, 1.82) is 0 Å². The summed E-state index contributed by atoms with van der Waals surface area (Å²) in [5, 5.41) is 13.1. The van der Waals surface area contributed by atoms with Crippen LogP contribution in [-0.4, -0.2) is 28.1 Å². The van der Waals surface area contributed by atoms with E-state index in [1.54, 1.807) is 0 Å². The maximum atomic E-state index is 11.8. The van der Waals surface area contributed by atoms with Gasteiger partial charge in [0.05, 0.1) is 22.8 Å². The molecule has 0 radical (unpaired) electrons. The number of nitrogens with zero attached hydrogens (tertiary/aromatic N) is 1. The Kier molecular flexibility index (Phi) is 2.75. The standard InChI is InChI=1S/C10H14N2O2S/c1-5-9(15-6(2)11-5)10(14)12-7-3-4-8(7)13/h7-8,13H,3-4H2,1-2H3,(H,12,14). The van der Waals surface area contributed by atoms with Gasteiger partial charge in [-0.1, -0.05) is 0 Å². The molecule has 1 aromatic rings. The van der Waals surface area contributed by atoms with Crippen molar-refractivity contribution in [2.45, 2.75) is 38.8 Å². The molecule has 1 saturated carbocycles. The molecule has 4 nitrogen and oxygen atoms in total. The summed E-state index contributed by atoms with van der Waals surface area (Å²) < 4.78 is 0. The van der Waals surface area contributed by atoms with E-state index >= 15 is 0 Å². The van der Waals surface area contributed by atoms with Gasteiger partial charge in [-0.2, -0.15) is 0 Å². The van der Waals surface area contributed by atoms with E-state index in [0.717, 1.165) is 23.5 Å². The molecule has 0 aromatic carbocycles. The molecule has 2 rings (SSSR count). The molecule has 0 saturated heterocycles. The van der Waals surface area contributed by atoms with Gasteiger partial charge in [0, 0.05) is 0 Å². The second kappa shape index (κ2) is 3.90. The van der Waals surface area contributed by atoms with Gasteiger partial charge in [-0.15, -0.1) is 11.3 Å². The van der Waals surface area contributed by atoms with Gasteiger partial charge in [0.15, 0.2) is 0 Å². The number of aryl methyl sites for hydroxylation is 2. The van der Waals surface area contributed by atoms with Crippen LogP contribution in [0.15, 0.2) is 0 Å². The SMILES string of the molecule is Cc1nc(C)c(C(=O)NC2CCC2O)s1. The summed E-state index contributed by atoms with van der Waals surface area (Å²) in [6, 6.07) is -0.0701. The van der Waals surface area contributed by atoms with Crippen LogP contribution in [0.2, 0.25) is 0 Å². The van der Waals surface area contributed by atoms with E-state index in [-0.39, 0.29) is 18.1 Å². The number of aliphatic hydroxyl groups excluding tert-OH is 1. The Morgan fingerprint density at radius 1 is 1.53 bits per heavy atom. The molecular formula is C10H14N2O2S. The maximum absolute atomic E-state index is 11.8. The average molecular weight is 226 g/mol. The van der Waals surface area contributed by atoms with E-state index in [1.807, 2.05) is 13.8 Å². The number of thiazole rings is 1. The zero-order chi connectivity index (χ0) is 11.0. The molecule has 5 heteroatoms. The molecule has 1 fully saturated rings. The minimum absolute atomic E-state index is 0.0701. The highest BCUT2D eigenvalue weighted by atomic mass is 32.1. The smallest absolute Gasteiger partial charge is 0.263 e. The van der Waals surface area contributed by atoms with Crippen LogP contribution in [0.3, 0.4) is 0 Å². The third kappa shape index (κ3) is 2.03. The fourth-order valence-corrected chi connectivity index (χ4v) is 2.45. The van der Waals surface area contributed by atoms with E-state index < -0.39 is 0 Å². The quantitative estimate of drug-likeness (QED) is 0.791. The highest BCUT2D eigenvalue weighted by Crippen LogP contribution is 2.22. The van der Waals surface area contributed by atoms with Crippen molar-refractivity contribution >= 4 is 17.2 Å². The lowest BCUT2D eigenvalue weighted by Gasteiger charge is -2.32. The minimum Gasteiger partial charge on any atom is -0.391 e. The third-order valence-electron chi connectivity index (χ3n) is 2.66. The largest absolute Gasteiger partial charge is 0.391 e. The van der Waals surface area contributed by atoms with Crippen molar-refractivity contribution in [2.75, 3.05) is 0 Å². The molecule has 1 aromatic heterocycles. The van der Waals surface area contributed by atoms with Crippen LogP contribution in [0.1, 0.15) is 33.2 Å². The lowest BCUT2D eigenvalue weighted by molar-refractivity contribution is 0.0449. The van der Waals surface area contributed by atoms with Crippen LogP contribution in [0.5, 0.6) is 0 Å². The summed E-state index contributed by atoms with van der Waals surface area (Å²) >= 11 is 1.40. The minimum atomic E-state index is -0.372. The molecule has 2 atom stereocenters. The summed E-state index contributed by atoms with van der Waals surface area (Å²) in [5.74, 6) is -0.109. The van der Waals surface area contributed by atoms with Crippen LogP contribution in [0, 0.1) is 13.8 Å². The Labute approximate surface area is 92.3 Å². The summed E-state index contributed by atoms with van der Waals surface area (Å²) in [5.41, 5.74) is 0.767. The van der Waals surface area contributed by atoms with E-state index in [4.69, 9.17) is 0 Å². The number of hydrogen-bond donors (Lipinski definition) is 2. The zero-order valence-electron chi connectivity index (χ0n) is 8.78. The van der Waals surface area contributed by atoms with Gasteiger partial charge in [0.1, 0.15) is 4.88 Å². The van der Waals surface area contributed by atoms with Crippen molar-refractivity contribution in [3.63, 3.8) is 0 Å². The number of rotatable bonds is 2. The number of hydrogen-bond acceptors (Lipinski definition) is 4. The van der Waals surface area contributed by atoms with E-state index in [2.05, 4.69) is 10.3 Å². The van der Waals surface area contributed by atoms with E-state index in [9.17, 15) is 9.90 Å². The van der Waals surface area contributed by atoms with Gasteiger partial charge in [0.2, 0.25) is 0 Å². The van der Waals surface area contributed by atoms with Gasteiger partial charge >= 0.3 is 0 Å². The van der Waals surface area contributed by atoms with Crippen molar-refractivity contribution in [3.8, 4) is 0 Å². The van der Waals surface area contributed by atoms with E-state index in [0.29, 0.717) is 4.88 Å². The van der Waals surface area contributed by atoms with Gasteiger partial charge in [-0.05, 0) is 26.7 Å². The molecule has 0 spiro atoms. The van der Waals surface area contributed by atoms with Crippen LogP contribution in [0.25, 0.3) is 0 Å². The van der Waals surface area contributed by atoms with Gasteiger partial charge in [0.25, 0.3) is 5.91 Å². The molecular weight excluding hydrogens is 212 g/mol. The molecule has 0 aliphatic heterocycles. The predicted octanol–water partition coefficient (Wildman–Crippen LogP) is 1.01. The topological polar surface area (TPSA) is 62.2 Å². The number of nitrogens with one attached hydrogen (secondary N) is 1. The molecule has 1 aliphatic carbocycles. The second-order valence-electron chi connectivity index (χ2n) is 3.87. The number of carbonyl (C=O) groups is 1. The van der Waals surface area contributed by atoms with Crippen molar-refractivity contribution in [1.82, 2.24) is 10.3 Å². The van der Waals surface area contributed by atoms with Gasteiger partial charge in [-0.3, -0.25) is 4.79 Å². The van der Waals surface area contributed by atoms with Crippen molar-refractivity contribution < 1.29 is 9.90 Å². The number of aliphatic hydroxyl groups is 1. The lowest BCUT2D eigenvalue weighted by atomic mass is 9.89. The third-order valence-corrected chi connectivity index (χ3v) is 3.74. The number of aromatic nitrogens is 1. The number of amides is 1. The Balaban J connectivity index is 2.04. The Bertz CT molecular complexity index is 389. The normalized spacial score (nSPS) is 24.7. The van der Waals surface area contributed by atoms with Gasteiger partial charge in [-0.25, -0.2) is 4.98 Å². The van der Waals surface area contributed by atoms with Crippen LogP contribution in [-0.2, 0) is 0 Å². The first-order chi connectivity index (χ1) is 7.08. The fourth-order valence-electron chi connectivity index (χ4n) is 1.63. The van der Waals surface area contributed by atoms with Crippen LogP contribution >= 0.6 is 11.3 Å². The second-order valence-corrected chi connectivity index (χ2v) is 5.08. The monoisotopic (exact) mass is 226 g/mol. The van der Waals surface area contributed by atoms with Gasteiger partial charge < -0.3 is 10.4 Å². The first-order valence-corrected chi connectivity index (χ1v) is 5.82. The fraction of sp³-hybridized carbons (Fsp3) is 0.600. The Morgan fingerprint density at radius 2 is 2.27 bits per heavy atom. The lowest BCUT2D eigenvalue weighted by Crippen LogP contribution is -2.50. The average Bonchev–Trinajstić information content (AvgIpc) is 2.51. The molecule has 1 aliphatic rings. The highest BCUT2D eigenvalue weighted by Gasteiger charge is 2.31. The predicted molar refractivity (Wildman–Crippen MR) is 58.1 cm³/mol. The summed E-state index contributed by atoms with van der Waals surface area (Å²) in [6.45, 7) is 3.71. The van der Waals surface area contributed by atoms with E-state index in [1.165, 1.54) is 11.3 Å². The first kappa shape index (κ1) is 10.6. The highest BCUT2D eigenvalue weighted by molar-refractivity contribution is 7.13. The summed E-state index contributed by atoms with van der Waals surface area (Å²) in [7, 11) is 0. The Hall–Kier alpha value is -0.940. The summed E-state index contributed by atoms with van der Waals surface area (Å²) in [4.78, 5) is 16.6. The van der Waals surface area contributed by atoms with Crippen LogP contribution in [0.4, 0.5) is 0 Å². The Morgan fingerprint density at radius 3 is 2.67 bits per heavy atom. The first-order valence-electron chi connectivity index (χ1n) is 5.01. The molecule has 2 N–H and O–H groups in total. The molecule has 1 amide bonds. The maximum Gasteiger partial charge on any atom is 0.263 e. The zero-order valence-corrected chi connectivity index (χ0v) is 9.60. The molecule has 15 heavy (non-hydrogen) atoms. The molecule has 2 unspecified atom stereocenters. The molecule has 82 valence electrons. The number of carbonyl (C=O) groups excluding carboxylic acids is 1. The summed E-state index contributed by atoms with van der Waals surface area (Å²) in [6.07, 6.45) is 1.28. The molecule has 1 heterocycles.